The topological polar surface area (TPSA) is 77.4 Å². The molecule has 0 N–H and O–H groups in total. The summed E-state index contributed by atoms with van der Waals surface area (Å²) in [6.07, 6.45) is 0. The minimum absolute atomic E-state index is 0.260. The molecule has 0 fully saturated rings. The fourth-order valence-corrected chi connectivity index (χ4v) is 5.27. The normalized spacial score (nSPS) is 12.8. The van der Waals surface area contributed by atoms with Gasteiger partial charge in [0.25, 0.3) is 5.91 Å². The van der Waals surface area contributed by atoms with Crippen molar-refractivity contribution in [2.75, 3.05) is 39.7 Å². The molecule has 0 aliphatic carbocycles. The number of aliphatic imine (C=N–C) groups is 1. The number of thioether (sulfide) groups is 2. The largest absolute Gasteiger partial charge is 0.493 e. The molecule has 0 bridgehead atoms. The third kappa shape index (κ3) is 6.91. The Hall–Kier alpha value is -2.65. The van der Waals surface area contributed by atoms with E-state index in [0.717, 1.165) is 27.8 Å². The highest BCUT2D eigenvalue weighted by Gasteiger charge is 2.19. The van der Waals surface area contributed by atoms with Gasteiger partial charge in [0, 0.05) is 24.6 Å². The van der Waals surface area contributed by atoms with E-state index in [1.165, 1.54) is 0 Å². The van der Waals surface area contributed by atoms with E-state index in [4.69, 9.17) is 14.2 Å². The van der Waals surface area contributed by atoms with Crippen molar-refractivity contribution in [3.05, 3.63) is 59.2 Å². The summed E-state index contributed by atoms with van der Waals surface area (Å²) < 4.78 is 17.0. The summed E-state index contributed by atoms with van der Waals surface area (Å²) in [6.45, 7) is 3.27. The summed E-state index contributed by atoms with van der Waals surface area (Å²) in [6, 6.07) is 12.8. The lowest BCUT2D eigenvalue weighted by atomic mass is 10.1. The number of rotatable bonds is 10. The van der Waals surface area contributed by atoms with Gasteiger partial charge in [-0.25, -0.2) is 4.79 Å². The number of nitrogens with zero attached hydrogens (tertiary/aromatic N) is 2. The van der Waals surface area contributed by atoms with Gasteiger partial charge < -0.3 is 19.1 Å². The summed E-state index contributed by atoms with van der Waals surface area (Å²) in [5.41, 5.74) is 2.24. The summed E-state index contributed by atoms with van der Waals surface area (Å²) in [5.74, 6) is 2.10. The molecule has 1 aliphatic heterocycles. The first-order valence-electron chi connectivity index (χ1n) is 10.6. The number of likely N-dealkylation sites (N-methyl/N-ethyl adjacent to an activating group) is 1. The lowest BCUT2D eigenvalue weighted by molar-refractivity contribution is -0.134. The van der Waals surface area contributed by atoms with Gasteiger partial charge in [-0.1, -0.05) is 47.8 Å². The second-order valence-corrected chi connectivity index (χ2v) is 9.42. The molecule has 0 unspecified atom stereocenters. The van der Waals surface area contributed by atoms with Crippen molar-refractivity contribution < 1.29 is 23.8 Å². The maximum Gasteiger partial charge on any atom is 0.338 e. The van der Waals surface area contributed by atoms with Gasteiger partial charge in [0.15, 0.2) is 18.1 Å². The Morgan fingerprint density at radius 1 is 1.12 bits per heavy atom. The van der Waals surface area contributed by atoms with Crippen LogP contribution >= 0.6 is 23.5 Å². The molecule has 2 aromatic rings. The highest BCUT2D eigenvalue weighted by molar-refractivity contribution is 8.38. The van der Waals surface area contributed by atoms with Crippen molar-refractivity contribution in [1.82, 2.24) is 4.90 Å². The number of carbonyl (C=O) groups is 2. The lowest BCUT2D eigenvalue weighted by Crippen LogP contribution is -2.34. The molecule has 1 amide bonds. The number of esters is 1. The average Bonchev–Trinajstić information content (AvgIpc) is 3.38. The number of hydrogen-bond acceptors (Lipinski definition) is 8. The minimum atomic E-state index is -0.497. The molecule has 9 heteroatoms. The Balaban J connectivity index is 1.58. The maximum absolute atomic E-state index is 12.7. The molecule has 3 rings (SSSR count). The predicted octanol–water partition coefficient (Wildman–Crippen LogP) is 4.25. The van der Waals surface area contributed by atoms with Crippen LogP contribution in [0.1, 0.15) is 28.4 Å². The second kappa shape index (κ2) is 12.6. The SMILES string of the molecule is CCN(Cc1ccc(OC)c(OC)c1)C(=O)COC(=O)c1ccccc1CSC1=NCCS1. The monoisotopic (exact) mass is 488 g/mol. The van der Waals surface area contributed by atoms with Crippen molar-refractivity contribution in [3.63, 3.8) is 0 Å². The molecule has 0 spiro atoms. The molecule has 176 valence electrons. The van der Waals surface area contributed by atoms with Crippen LogP contribution in [0.4, 0.5) is 0 Å². The molecular formula is C24H28N2O5S2. The van der Waals surface area contributed by atoms with Crippen LogP contribution in [0.2, 0.25) is 0 Å². The van der Waals surface area contributed by atoms with E-state index in [-0.39, 0.29) is 12.5 Å². The number of amides is 1. The van der Waals surface area contributed by atoms with Crippen LogP contribution in [0.3, 0.4) is 0 Å². The van der Waals surface area contributed by atoms with E-state index in [9.17, 15) is 9.59 Å². The Bertz CT molecular complexity index is 1010. The van der Waals surface area contributed by atoms with E-state index in [0.29, 0.717) is 35.9 Å². The lowest BCUT2D eigenvalue weighted by Gasteiger charge is -2.21. The minimum Gasteiger partial charge on any atom is -0.493 e. The Morgan fingerprint density at radius 2 is 1.91 bits per heavy atom. The standard InChI is InChI=1S/C24H28N2O5S2/c1-4-26(14-17-9-10-20(29-2)21(13-17)30-3)22(27)15-31-23(28)19-8-6-5-7-18(19)16-33-24-25-11-12-32-24/h5-10,13H,4,11-12,14-16H2,1-3H3. The van der Waals surface area contributed by atoms with Gasteiger partial charge in [-0.05, 0) is 36.2 Å². The van der Waals surface area contributed by atoms with Crippen molar-refractivity contribution in [2.45, 2.75) is 19.2 Å². The third-order valence-corrected chi connectivity index (χ3v) is 7.33. The zero-order chi connectivity index (χ0) is 23.6. The molecule has 1 heterocycles. The van der Waals surface area contributed by atoms with E-state index in [2.05, 4.69) is 4.99 Å². The van der Waals surface area contributed by atoms with Crippen LogP contribution in [0.25, 0.3) is 0 Å². The van der Waals surface area contributed by atoms with Crippen molar-refractivity contribution >= 4 is 39.8 Å². The Morgan fingerprint density at radius 3 is 2.61 bits per heavy atom. The zero-order valence-corrected chi connectivity index (χ0v) is 20.7. The van der Waals surface area contributed by atoms with Crippen molar-refractivity contribution in [1.29, 1.82) is 0 Å². The van der Waals surface area contributed by atoms with Crippen LogP contribution in [0.5, 0.6) is 11.5 Å². The summed E-state index contributed by atoms with van der Waals surface area (Å²) in [5, 5.41) is 0. The van der Waals surface area contributed by atoms with Gasteiger partial charge in [-0.3, -0.25) is 9.79 Å². The Labute approximate surface area is 202 Å². The van der Waals surface area contributed by atoms with E-state index < -0.39 is 5.97 Å². The fourth-order valence-electron chi connectivity index (χ4n) is 3.26. The summed E-state index contributed by atoms with van der Waals surface area (Å²) in [7, 11) is 3.15. The van der Waals surface area contributed by atoms with E-state index >= 15 is 0 Å². The quantitative estimate of drug-likeness (QED) is 0.463. The van der Waals surface area contributed by atoms with Crippen LogP contribution < -0.4 is 9.47 Å². The molecule has 0 saturated carbocycles. The molecule has 33 heavy (non-hydrogen) atoms. The van der Waals surface area contributed by atoms with E-state index in [1.54, 1.807) is 60.8 Å². The van der Waals surface area contributed by atoms with Crippen molar-refractivity contribution in [3.8, 4) is 11.5 Å². The highest BCUT2D eigenvalue weighted by Crippen LogP contribution is 2.28. The molecule has 0 atom stereocenters. The van der Waals surface area contributed by atoms with Gasteiger partial charge in [-0.15, -0.1) is 0 Å². The number of carbonyl (C=O) groups excluding carboxylic acids is 2. The molecule has 7 nitrogen and oxygen atoms in total. The Kier molecular flexibility index (Phi) is 9.50. The first-order valence-corrected chi connectivity index (χ1v) is 12.6. The number of hydrogen-bond donors (Lipinski definition) is 0. The van der Waals surface area contributed by atoms with Gasteiger partial charge >= 0.3 is 5.97 Å². The number of ether oxygens (including phenoxy) is 3. The zero-order valence-electron chi connectivity index (χ0n) is 19.0. The second-order valence-electron chi connectivity index (χ2n) is 7.12. The summed E-state index contributed by atoms with van der Waals surface area (Å²) in [4.78, 5) is 31.5. The smallest absolute Gasteiger partial charge is 0.338 e. The van der Waals surface area contributed by atoms with Gasteiger partial charge in [0.1, 0.15) is 4.38 Å². The molecule has 1 aliphatic rings. The number of methoxy groups -OCH3 is 2. The molecular weight excluding hydrogens is 460 g/mol. The van der Waals surface area contributed by atoms with Crippen LogP contribution in [0, 0.1) is 0 Å². The molecule has 0 aromatic heterocycles. The predicted molar refractivity (Wildman–Crippen MR) is 133 cm³/mol. The highest BCUT2D eigenvalue weighted by atomic mass is 32.2. The fraction of sp³-hybridized carbons (Fsp3) is 0.375. The van der Waals surface area contributed by atoms with Gasteiger partial charge in [0.05, 0.1) is 26.3 Å². The average molecular weight is 489 g/mol. The van der Waals surface area contributed by atoms with Gasteiger partial charge in [0.2, 0.25) is 0 Å². The maximum atomic E-state index is 12.7. The molecule has 0 radical (unpaired) electrons. The van der Waals surface area contributed by atoms with Gasteiger partial charge in [-0.2, -0.15) is 0 Å². The van der Waals surface area contributed by atoms with Crippen LogP contribution in [0.15, 0.2) is 47.5 Å². The van der Waals surface area contributed by atoms with E-state index in [1.807, 2.05) is 31.2 Å². The third-order valence-electron chi connectivity index (χ3n) is 5.03. The first kappa shape index (κ1) is 25.0. The van der Waals surface area contributed by atoms with Crippen LogP contribution in [-0.4, -0.2) is 60.8 Å². The van der Waals surface area contributed by atoms with Crippen LogP contribution in [-0.2, 0) is 21.8 Å². The van der Waals surface area contributed by atoms with Crippen molar-refractivity contribution in [2.24, 2.45) is 4.99 Å². The summed E-state index contributed by atoms with van der Waals surface area (Å²) >= 11 is 3.35. The molecule has 0 saturated heterocycles. The first-order chi connectivity index (χ1) is 16.0. The number of benzene rings is 2. The molecule has 2 aromatic carbocycles.